The summed E-state index contributed by atoms with van der Waals surface area (Å²) in [5.41, 5.74) is 2.17. The zero-order valence-corrected chi connectivity index (χ0v) is 15.8. The largest absolute Gasteiger partial charge is 0.379 e. The highest BCUT2D eigenvalue weighted by Gasteiger charge is 2.23. The summed E-state index contributed by atoms with van der Waals surface area (Å²) in [6.45, 7) is 1.02. The number of nitrogens with one attached hydrogen (secondary N) is 2. The minimum Gasteiger partial charge on any atom is -0.379 e. The second-order valence-electron chi connectivity index (χ2n) is 6.66. The quantitative estimate of drug-likeness (QED) is 0.649. The molecule has 1 fully saturated rings. The van der Waals surface area contributed by atoms with Gasteiger partial charge in [-0.3, -0.25) is 9.78 Å². The molecular formula is C21H19ClFN3O2. The maximum Gasteiger partial charge on any atom is 0.253 e. The third-order valence-corrected chi connectivity index (χ3v) is 5.03. The number of rotatable bonds is 5. The summed E-state index contributed by atoms with van der Waals surface area (Å²) in [5.74, 6) is -0.575. The van der Waals surface area contributed by atoms with Crippen LogP contribution in [0.2, 0.25) is 5.02 Å². The number of benzene rings is 2. The molecule has 0 bridgehead atoms. The van der Waals surface area contributed by atoms with Crippen LogP contribution < -0.4 is 10.6 Å². The average molecular weight is 400 g/mol. The van der Waals surface area contributed by atoms with Crippen LogP contribution in [0, 0.1) is 5.82 Å². The van der Waals surface area contributed by atoms with E-state index in [2.05, 4.69) is 15.6 Å². The highest BCUT2D eigenvalue weighted by Crippen LogP contribution is 2.28. The van der Waals surface area contributed by atoms with Crippen molar-refractivity contribution in [2.75, 3.05) is 17.2 Å². The van der Waals surface area contributed by atoms with Crippen LogP contribution in [0.15, 0.2) is 48.7 Å². The van der Waals surface area contributed by atoms with E-state index in [1.807, 2.05) is 24.3 Å². The first kappa shape index (κ1) is 18.7. The summed E-state index contributed by atoms with van der Waals surface area (Å²) in [4.78, 5) is 16.3. The molecular weight excluding hydrogens is 381 g/mol. The number of fused-ring (bicyclic) bond motifs is 1. The molecule has 0 radical (unpaired) electrons. The molecule has 1 amide bonds. The van der Waals surface area contributed by atoms with E-state index < -0.39 is 5.82 Å². The highest BCUT2D eigenvalue weighted by atomic mass is 35.5. The van der Waals surface area contributed by atoms with Crippen molar-refractivity contribution in [2.24, 2.45) is 0 Å². The second kappa shape index (κ2) is 8.12. The fourth-order valence-corrected chi connectivity index (χ4v) is 3.46. The lowest BCUT2D eigenvalue weighted by molar-refractivity contribution is -0.124. The maximum absolute atomic E-state index is 14.7. The van der Waals surface area contributed by atoms with Crippen molar-refractivity contribution < 1.29 is 13.9 Å². The van der Waals surface area contributed by atoms with Crippen LogP contribution in [-0.4, -0.2) is 23.6 Å². The molecule has 2 N–H and O–H groups in total. The molecule has 5 nitrogen and oxygen atoms in total. The van der Waals surface area contributed by atoms with Gasteiger partial charge < -0.3 is 15.4 Å². The number of carbonyl (C=O) groups is 1. The van der Waals surface area contributed by atoms with Gasteiger partial charge in [0.2, 0.25) is 0 Å². The molecule has 0 aliphatic carbocycles. The topological polar surface area (TPSA) is 63.2 Å². The molecule has 1 aromatic heterocycles. The zero-order valence-electron chi connectivity index (χ0n) is 15.0. The molecule has 1 saturated heterocycles. The number of amides is 1. The third kappa shape index (κ3) is 3.93. The van der Waals surface area contributed by atoms with Gasteiger partial charge >= 0.3 is 0 Å². The molecule has 1 aliphatic rings. The monoisotopic (exact) mass is 399 g/mol. The van der Waals surface area contributed by atoms with Gasteiger partial charge in [-0.25, -0.2) is 4.39 Å². The van der Waals surface area contributed by atoms with Crippen LogP contribution in [0.5, 0.6) is 0 Å². The number of carbonyl (C=O) groups excluding carboxylic acids is 1. The highest BCUT2D eigenvalue weighted by molar-refractivity contribution is 6.35. The standard InChI is InChI=1S/C21H19ClFN3O2/c22-16-8-9-24-20-15(16)6-7-17(19(20)23)25-12-13-3-1-4-14(11-13)26-21(27)18-5-2-10-28-18/h1,3-4,6-9,11,18,25H,2,5,10,12H2,(H,26,27). The van der Waals surface area contributed by atoms with Crippen LogP contribution in [0.3, 0.4) is 0 Å². The van der Waals surface area contributed by atoms with E-state index >= 15 is 0 Å². The Kier molecular flexibility index (Phi) is 5.41. The Hall–Kier alpha value is -2.70. The van der Waals surface area contributed by atoms with Crippen LogP contribution in [0.1, 0.15) is 18.4 Å². The number of nitrogens with zero attached hydrogens (tertiary/aromatic N) is 1. The fraction of sp³-hybridized carbons (Fsp3) is 0.238. The molecule has 7 heteroatoms. The molecule has 144 valence electrons. The minimum atomic E-state index is -0.442. The third-order valence-electron chi connectivity index (χ3n) is 4.70. The Morgan fingerprint density at radius 3 is 3.00 bits per heavy atom. The number of pyridine rings is 1. The SMILES string of the molecule is O=C(Nc1cccc(CNc2ccc3c(Cl)ccnc3c2F)c1)C1CCCO1. The molecule has 0 saturated carbocycles. The summed E-state index contributed by atoms with van der Waals surface area (Å²) in [7, 11) is 0. The van der Waals surface area contributed by atoms with E-state index in [4.69, 9.17) is 16.3 Å². The Bertz CT molecular complexity index is 1020. The van der Waals surface area contributed by atoms with E-state index in [1.165, 1.54) is 6.20 Å². The second-order valence-corrected chi connectivity index (χ2v) is 7.07. The van der Waals surface area contributed by atoms with E-state index in [-0.39, 0.29) is 17.5 Å². The number of aromatic nitrogens is 1. The smallest absolute Gasteiger partial charge is 0.253 e. The molecule has 1 unspecified atom stereocenters. The van der Waals surface area contributed by atoms with Gasteiger partial charge in [0.15, 0.2) is 5.82 Å². The van der Waals surface area contributed by atoms with E-state index in [0.717, 1.165) is 18.4 Å². The fourth-order valence-electron chi connectivity index (χ4n) is 3.25. The van der Waals surface area contributed by atoms with E-state index in [0.29, 0.717) is 34.9 Å². The van der Waals surface area contributed by atoms with Crippen molar-refractivity contribution in [2.45, 2.75) is 25.5 Å². The van der Waals surface area contributed by atoms with Crippen molar-refractivity contribution in [3.63, 3.8) is 0 Å². The predicted molar refractivity (Wildman–Crippen MR) is 108 cm³/mol. The van der Waals surface area contributed by atoms with Crippen molar-refractivity contribution in [1.82, 2.24) is 4.98 Å². The summed E-state index contributed by atoms with van der Waals surface area (Å²) in [6, 6.07) is 12.4. The normalized spacial score (nSPS) is 16.3. The van der Waals surface area contributed by atoms with Crippen LogP contribution in [0.25, 0.3) is 10.9 Å². The first-order valence-corrected chi connectivity index (χ1v) is 9.47. The Labute approximate surface area is 166 Å². The molecule has 2 heterocycles. The average Bonchev–Trinajstić information content (AvgIpc) is 3.23. The van der Waals surface area contributed by atoms with Crippen molar-refractivity contribution >= 4 is 39.8 Å². The molecule has 0 spiro atoms. The molecule has 2 aromatic carbocycles. The van der Waals surface area contributed by atoms with Gasteiger partial charge in [0.05, 0.1) is 10.7 Å². The molecule has 28 heavy (non-hydrogen) atoms. The summed E-state index contributed by atoms with van der Waals surface area (Å²) in [5, 5.41) is 6.99. The Morgan fingerprint density at radius 1 is 1.29 bits per heavy atom. The Balaban J connectivity index is 1.46. The summed E-state index contributed by atoms with van der Waals surface area (Å²) >= 11 is 6.09. The van der Waals surface area contributed by atoms with Crippen molar-refractivity contribution in [1.29, 1.82) is 0 Å². The molecule has 3 aromatic rings. The zero-order chi connectivity index (χ0) is 19.5. The van der Waals surface area contributed by atoms with Gasteiger partial charge in [-0.2, -0.15) is 0 Å². The number of halogens is 2. The maximum atomic E-state index is 14.7. The first-order valence-electron chi connectivity index (χ1n) is 9.10. The molecule has 4 rings (SSSR count). The van der Waals surface area contributed by atoms with Crippen LogP contribution >= 0.6 is 11.6 Å². The van der Waals surface area contributed by atoms with Gasteiger partial charge in [-0.1, -0.05) is 23.7 Å². The van der Waals surface area contributed by atoms with Crippen molar-refractivity contribution in [3.8, 4) is 0 Å². The number of hydrogen-bond acceptors (Lipinski definition) is 4. The van der Waals surface area contributed by atoms with E-state index in [9.17, 15) is 9.18 Å². The first-order chi connectivity index (χ1) is 13.6. The van der Waals surface area contributed by atoms with Gasteiger partial charge in [0.1, 0.15) is 11.6 Å². The number of anilines is 2. The molecule has 1 aliphatic heterocycles. The summed E-state index contributed by atoms with van der Waals surface area (Å²) in [6.07, 6.45) is 2.75. The Morgan fingerprint density at radius 2 is 2.18 bits per heavy atom. The van der Waals surface area contributed by atoms with Crippen LogP contribution in [-0.2, 0) is 16.1 Å². The lowest BCUT2D eigenvalue weighted by Gasteiger charge is -2.13. The lowest BCUT2D eigenvalue weighted by Crippen LogP contribution is -2.26. The molecule has 1 atom stereocenters. The van der Waals surface area contributed by atoms with Gasteiger partial charge in [-0.05, 0) is 48.7 Å². The van der Waals surface area contributed by atoms with Gasteiger partial charge in [0.25, 0.3) is 5.91 Å². The summed E-state index contributed by atoms with van der Waals surface area (Å²) < 4.78 is 20.1. The van der Waals surface area contributed by atoms with Crippen molar-refractivity contribution in [3.05, 3.63) is 65.1 Å². The van der Waals surface area contributed by atoms with Crippen LogP contribution in [0.4, 0.5) is 15.8 Å². The number of hydrogen-bond donors (Lipinski definition) is 2. The number of ether oxygens (including phenoxy) is 1. The lowest BCUT2D eigenvalue weighted by atomic mass is 10.1. The van der Waals surface area contributed by atoms with Gasteiger partial charge in [-0.15, -0.1) is 0 Å². The van der Waals surface area contributed by atoms with E-state index in [1.54, 1.807) is 18.2 Å². The minimum absolute atomic E-state index is 0.133. The van der Waals surface area contributed by atoms with Gasteiger partial charge in [0, 0.05) is 30.4 Å². The predicted octanol–water partition coefficient (Wildman–Crippen LogP) is 4.76.